The highest BCUT2D eigenvalue weighted by Crippen LogP contribution is 2.50. The van der Waals surface area contributed by atoms with Gasteiger partial charge in [0.25, 0.3) is 5.91 Å². The third-order valence-corrected chi connectivity index (χ3v) is 5.80. The number of halogens is 1. The zero-order valence-electron chi connectivity index (χ0n) is 17.0. The smallest absolute Gasteiger partial charge is 0.267 e. The van der Waals surface area contributed by atoms with E-state index in [0.29, 0.717) is 34.6 Å². The lowest BCUT2D eigenvalue weighted by Crippen LogP contribution is -2.12. The van der Waals surface area contributed by atoms with Gasteiger partial charge in [0.15, 0.2) is 0 Å². The molecular formula is C23H28FN3O. The van der Waals surface area contributed by atoms with Gasteiger partial charge in [-0.3, -0.25) is 14.8 Å². The van der Waals surface area contributed by atoms with Crippen LogP contribution in [0.5, 0.6) is 0 Å². The molecule has 3 rings (SSSR count). The van der Waals surface area contributed by atoms with E-state index in [9.17, 15) is 9.18 Å². The summed E-state index contributed by atoms with van der Waals surface area (Å²) in [6.45, 7) is 8.61. The minimum Gasteiger partial charge on any atom is -0.364 e. The van der Waals surface area contributed by atoms with Crippen LogP contribution in [0.25, 0.3) is 11.1 Å². The zero-order valence-corrected chi connectivity index (χ0v) is 17.0. The number of benzene rings is 1. The molecule has 1 heterocycles. The molecule has 1 saturated carbocycles. The molecule has 1 aromatic heterocycles. The van der Waals surface area contributed by atoms with Crippen LogP contribution in [0.3, 0.4) is 0 Å². The number of primary amides is 1. The average Bonchev–Trinajstić information content (AvgIpc) is 3.33. The van der Waals surface area contributed by atoms with E-state index in [1.165, 1.54) is 24.0 Å². The molecule has 2 N–H and O–H groups in total. The molecule has 5 heteroatoms. The van der Waals surface area contributed by atoms with Crippen molar-refractivity contribution in [2.75, 3.05) is 0 Å². The summed E-state index contributed by atoms with van der Waals surface area (Å²) in [6.07, 6.45) is 4.62. The highest BCUT2D eigenvalue weighted by molar-refractivity contribution is 5.92. The minimum atomic E-state index is -0.601. The Balaban J connectivity index is 1.94. The van der Waals surface area contributed by atoms with Crippen molar-refractivity contribution < 1.29 is 9.18 Å². The van der Waals surface area contributed by atoms with Crippen molar-refractivity contribution in [1.82, 2.24) is 4.98 Å². The fourth-order valence-electron chi connectivity index (χ4n) is 4.14. The summed E-state index contributed by atoms with van der Waals surface area (Å²) in [7, 11) is 0. The Morgan fingerprint density at radius 1 is 1.29 bits per heavy atom. The highest BCUT2D eigenvalue weighted by Gasteiger charge is 2.47. The van der Waals surface area contributed by atoms with Gasteiger partial charge in [-0.1, -0.05) is 39.7 Å². The molecule has 0 aliphatic heterocycles. The number of aromatic nitrogens is 1. The van der Waals surface area contributed by atoms with Gasteiger partial charge in [0, 0.05) is 35.0 Å². The molecule has 1 aromatic carbocycles. The number of aliphatic imine (C=N–C) groups is 1. The van der Waals surface area contributed by atoms with E-state index in [1.54, 1.807) is 12.1 Å². The number of carbonyl (C=O) groups excluding carboxylic acids is 1. The number of carbonyl (C=O) groups is 1. The number of nitrogens with two attached hydrogens (primary N) is 1. The number of hydrogen-bond acceptors (Lipinski definition) is 3. The van der Waals surface area contributed by atoms with Gasteiger partial charge in [-0.05, 0) is 42.9 Å². The molecule has 4 nitrogen and oxygen atoms in total. The maximum absolute atomic E-state index is 14.9. The fraction of sp³-hybridized carbons (Fsp3) is 0.435. The van der Waals surface area contributed by atoms with Crippen molar-refractivity contribution in [2.45, 2.75) is 47.0 Å². The van der Waals surface area contributed by atoms with Gasteiger partial charge in [0.1, 0.15) is 11.5 Å². The Morgan fingerprint density at radius 2 is 2.04 bits per heavy atom. The van der Waals surface area contributed by atoms with Gasteiger partial charge in [-0.2, -0.15) is 0 Å². The van der Waals surface area contributed by atoms with Gasteiger partial charge in [0.2, 0.25) is 0 Å². The predicted octanol–water partition coefficient (Wildman–Crippen LogP) is 5.46. The van der Waals surface area contributed by atoms with Crippen molar-refractivity contribution in [3.05, 3.63) is 47.5 Å². The first-order chi connectivity index (χ1) is 13.4. The number of rotatable bonds is 7. The van der Waals surface area contributed by atoms with Crippen LogP contribution in [0.2, 0.25) is 0 Å². The Bertz CT molecular complexity index is 905. The summed E-state index contributed by atoms with van der Waals surface area (Å²) < 4.78 is 14.9. The SMILES string of the molecule is CCC/C(=N\c1cc(F)c(-c2ccc(C(N)=O)nc2)cc1C)C1C(CC)[C@@H]1C. The van der Waals surface area contributed by atoms with Crippen molar-refractivity contribution in [3.8, 4) is 11.1 Å². The molecule has 0 bridgehead atoms. The van der Waals surface area contributed by atoms with Gasteiger partial charge in [0.05, 0.1) is 5.69 Å². The van der Waals surface area contributed by atoms with Gasteiger partial charge in [-0.15, -0.1) is 0 Å². The Hall–Kier alpha value is -2.56. The lowest BCUT2D eigenvalue weighted by atomic mass is 10.0. The molecule has 1 aliphatic carbocycles. The third-order valence-electron chi connectivity index (χ3n) is 5.80. The quantitative estimate of drug-likeness (QED) is 0.647. The molecule has 148 valence electrons. The van der Waals surface area contributed by atoms with Crippen LogP contribution in [-0.2, 0) is 0 Å². The third kappa shape index (κ3) is 3.98. The standard InChI is InChI=1S/C23H28FN3O/c1-5-7-19(22-14(4)16(22)6-2)27-21-11-18(24)17(10-13(21)3)15-8-9-20(23(25)28)26-12-15/h8-12,14,16,22H,5-7H2,1-4H3,(H2,25,28)/b27-19+/t14-,16?,22?/m0/s1. The van der Waals surface area contributed by atoms with Gasteiger partial charge in [-0.25, -0.2) is 4.39 Å². The lowest BCUT2D eigenvalue weighted by Gasteiger charge is -2.10. The highest BCUT2D eigenvalue weighted by atomic mass is 19.1. The van der Waals surface area contributed by atoms with Crippen LogP contribution >= 0.6 is 0 Å². The average molecular weight is 381 g/mol. The number of aryl methyl sites for hydroxylation is 1. The molecule has 28 heavy (non-hydrogen) atoms. The first-order valence-electron chi connectivity index (χ1n) is 10.0. The molecular weight excluding hydrogens is 353 g/mol. The number of hydrogen-bond donors (Lipinski definition) is 1. The lowest BCUT2D eigenvalue weighted by molar-refractivity contribution is 0.0995. The van der Waals surface area contributed by atoms with Crippen molar-refractivity contribution in [3.63, 3.8) is 0 Å². The summed E-state index contributed by atoms with van der Waals surface area (Å²) in [5.41, 5.74) is 9.25. The monoisotopic (exact) mass is 381 g/mol. The van der Waals surface area contributed by atoms with Crippen molar-refractivity contribution in [2.24, 2.45) is 28.5 Å². The van der Waals surface area contributed by atoms with Gasteiger partial charge < -0.3 is 5.73 Å². The molecule has 0 spiro atoms. The number of nitrogens with zero attached hydrogens (tertiary/aromatic N) is 2. The summed E-state index contributed by atoms with van der Waals surface area (Å²) in [5.74, 6) is 0.942. The number of amides is 1. The van der Waals surface area contributed by atoms with E-state index < -0.39 is 5.91 Å². The maximum Gasteiger partial charge on any atom is 0.267 e. The zero-order chi connectivity index (χ0) is 20.4. The Kier molecular flexibility index (Phi) is 5.92. The summed E-state index contributed by atoms with van der Waals surface area (Å²) in [6, 6.07) is 6.48. The Labute approximate surface area is 166 Å². The summed E-state index contributed by atoms with van der Waals surface area (Å²) >= 11 is 0. The largest absolute Gasteiger partial charge is 0.364 e. The van der Waals surface area contributed by atoms with Crippen LogP contribution in [0, 0.1) is 30.5 Å². The first kappa shape index (κ1) is 20.2. The van der Waals surface area contributed by atoms with E-state index in [1.807, 2.05) is 6.92 Å². The normalized spacial score (nSPS) is 21.6. The topological polar surface area (TPSA) is 68.3 Å². The van der Waals surface area contributed by atoms with Gasteiger partial charge >= 0.3 is 0 Å². The van der Waals surface area contributed by atoms with E-state index in [4.69, 9.17) is 10.7 Å². The van der Waals surface area contributed by atoms with Crippen molar-refractivity contribution >= 4 is 17.3 Å². The molecule has 2 unspecified atom stereocenters. The summed E-state index contributed by atoms with van der Waals surface area (Å²) in [5, 5.41) is 0. The second kappa shape index (κ2) is 8.21. The molecule has 0 saturated heterocycles. The minimum absolute atomic E-state index is 0.162. The first-order valence-corrected chi connectivity index (χ1v) is 10.0. The molecule has 1 amide bonds. The van der Waals surface area contributed by atoms with E-state index in [2.05, 4.69) is 25.8 Å². The van der Waals surface area contributed by atoms with Crippen molar-refractivity contribution in [1.29, 1.82) is 0 Å². The van der Waals surface area contributed by atoms with E-state index >= 15 is 0 Å². The molecule has 2 aromatic rings. The second-order valence-corrected chi connectivity index (χ2v) is 7.73. The molecule has 3 atom stereocenters. The van der Waals surface area contributed by atoms with Crippen LogP contribution in [-0.4, -0.2) is 16.6 Å². The van der Waals surface area contributed by atoms with Crippen LogP contribution in [0.15, 0.2) is 35.5 Å². The predicted molar refractivity (Wildman–Crippen MR) is 111 cm³/mol. The molecule has 1 aliphatic rings. The Morgan fingerprint density at radius 3 is 2.57 bits per heavy atom. The molecule has 0 radical (unpaired) electrons. The second-order valence-electron chi connectivity index (χ2n) is 7.73. The molecule has 1 fully saturated rings. The van der Waals surface area contributed by atoms with Crippen LogP contribution in [0.4, 0.5) is 10.1 Å². The number of pyridine rings is 1. The van der Waals surface area contributed by atoms with Crippen LogP contribution < -0.4 is 5.73 Å². The van der Waals surface area contributed by atoms with E-state index in [-0.39, 0.29) is 11.5 Å². The van der Waals surface area contributed by atoms with E-state index in [0.717, 1.165) is 24.8 Å². The summed E-state index contributed by atoms with van der Waals surface area (Å²) in [4.78, 5) is 20.1. The van der Waals surface area contributed by atoms with Crippen LogP contribution in [0.1, 0.15) is 56.1 Å². The fourth-order valence-corrected chi connectivity index (χ4v) is 4.14. The maximum atomic E-state index is 14.9.